The molecular weight excluding hydrogens is 286 g/mol. The van der Waals surface area contributed by atoms with Crippen molar-refractivity contribution in [1.29, 1.82) is 0 Å². The van der Waals surface area contributed by atoms with Gasteiger partial charge in [-0.2, -0.15) is 0 Å². The fraction of sp³-hybridized carbons (Fsp3) is 0.267. The number of carbonyl (C=O) groups is 2. The maximum absolute atomic E-state index is 12.0. The van der Waals surface area contributed by atoms with Gasteiger partial charge in [-0.1, -0.05) is 12.1 Å². The number of nitrogens with one attached hydrogen (secondary N) is 1. The molecule has 0 aliphatic heterocycles. The molecule has 0 saturated carbocycles. The van der Waals surface area contributed by atoms with Crippen molar-refractivity contribution in [1.82, 2.24) is 14.9 Å². The van der Waals surface area contributed by atoms with Gasteiger partial charge < -0.3 is 20.1 Å². The first-order valence-corrected chi connectivity index (χ1v) is 6.67. The molecule has 2 rings (SSSR count). The zero-order valence-corrected chi connectivity index (χ0v) is 12.1. The summed E-state index contributed by atoms with van der Waals surface area (Å²) in [6.07, 6.45) is 5.16. The third-order valence-electron chi connectivity index (χ3n) is 3.17. The Labute approximate surface area is 127 Å². The number of hydrogen-bond donors (Lipinski definition) is 3. The summed E-state index contributed by atoms with van der Waals surface area (Å²) < 4.78 is 1.87. The molecular formula is C15H17N3O4. The number of carbonyl (C=O) groups excluding carboxylic acids is 1. The highest BCUT2D eigenvalue weighted by Gasteiger charge is 2.30. The maximum atomic E-state index is 12.0. The minimum absolute atomic E-state index is 0.368. The van der Waals surface area contributed by atoms with Gasteiger partial charge in [-0.3, -0.25) is 4.79 Å². The van der Waals surface area contributed by atoms with Gasteiger partial charge in [0.2, 0.25) is 0 Å². The quantitative estimate of drug-likeness (QED) is 0.720. The molecule has 0 radical (unpaired) electrons. The lowest BCUT2D eigenvalue weighted by atomic mass is 10.1. The molecule has 7 heteroatoms. The Morgan fingerprint density at radius 3 is 2.82 bits per heavy atom. The average Bonchev–Trinajstić information content (AvgIpc) is 2.98. The van der Waals surface area contributed by atoms with Crippen LogP contribution in [0.3, 0.4) is 0 Å². The van der Waals surface area contributed by atoms with E-state index >= 15 is 0 Å². The van der Waals surface area contributed by atoms with Gasteiger partial charge in [0.1, 0.15) is 0 Å². The van der Waals surface area contributed by atoms with Crippen LogP contribution in [0, 0.1) is 0 Å². The second-order valence-electron chi connectivity index (χ2n) is 5.20. The lowest BCUT2D eigenvalue weighted by molar-refractivity contribution is -0.155. The van der Waals surface area contributed by atoms with Crippen LogP contribution in [0.1, 0.15) is 22.8 Å². The summed E-state index contributed by atoms with van der Waals surface area (Å²) >= 11 is 0. The first kappa shape index (κ1) is 15.7. The van der Waals surface area contributed by atoms with E-state index in [1.54, 1.807) is 30.7 Å². The van der Waals surface area contributed by atoms with Crippen LogP contribution < -0.4 is 5.32 Å². The monoisotopic (exact) mass is 303 g/mol. The summed E-state index contributed by atoms with van der Waals surface area (Å²) in [6, 6.07) is 6.97. The zero-order valence-electron chi connectivity index (χ0n) is 12.1. The molecule has 1 aromatic heterocycles. The molecule has 0 saturated heterocycles. The fourth-order valence-corrected chi connectivity index (χ4v) is 1.83. The van der Waals surface area contributed by atoms with Crippen molar-refractivity contribution in [3.8, 4) is 0 Å². The van der Waals surface area contributed by atoms with Gasteiger partial charge in [-0.15, -0.1) is 0 Å². The molecule has 0 aliphatic rings. The van der Waals surface area contributed by atoms with Crippen LogP contribution in [0.2, 0.25) is 0 Å². The second kappa shape index (κ2) is 6.40. The Morgan fingerprint density at radius 2 is 2.18 bits per heavy atom. The van der Waals surface area contributed by atoms with E-state index in [4.69, 9.17) is 5.11 Å². The maximum Gasteiger partial charge on any atom is 0.337 e. The number of aliphatic carboxylic acids is 1. The van der Waals surface area contributed by atoms with Crippen molar-refractivity contribution >= 4 is 11.9 Å². The minimum atomic E-state index is -2.00. The average molecular weight is 303 g/mol. The Kier molecular flexibility index (Phi) is 4.57. The van der Waals surface area contributed by atoms with E-state index in [0.29, 0.717) is 12.1 Å². The van der Waals surface area contributed by atoms with Crippen molar-refractivity contribution in [3.05, 3.63) is 54.1 Å². The number of rotatable bonds is 6. The SMILES string of the molecule is CC(O)(CNC(=O)c1cccc(Cn2ccnc2)c1)C(=O)O. The van der Waals surface area contributed by atoms with E-state index < -0.39 is 17.5 Å². The van der Waals surface area contributed by atoms with Crippen molar-refractivity contribution in [2.75, 3.05) is 6.54 Å². The molecule has 0 fully saturated rings. The van der Waals surface area contributed by atoms with E-state index in [1.165, 1.54) is 0 Å². The smallest absolute Gasteiger partial charge is 0.337 e. The second-order valence-corrected chi connectivity index (χ2v) is 5.20. The number of aliphatic hydroxyl groups is 1. The molecule has 22 heavy (non-hydrogen) atoms. The van der Waals surface area contributed by atoms with Gasteiger partial charge >= 0.3 is 5.97 Å². The topological polar surface area (TPSA) is 104 Å². The van der Waals surface area contributed by atoms with Crippen LogP contribution in [-0.2, 0) is 11.3 Å². The molecule has 0 bridgehead atoms. The van der Waals surface area contributed by atoms with Crippen LogP contribution in [0.4, 0.5) is 0 Å². The van der Waals surface area contributed by atoms with Crippen molar-refractivity contribution in [3.63, 3.8) is 0 Å². The van der Waals surface area contributed by atoms with Gasteiger partial charge in [0.15, 0.2) is 5.60 Å². The summed E-state index contributed by atoms with van der Waals surface area (Å²) in [5.74, 6) is -1.82. The normalized spacial score (nSPS) is 13.4. The van der Waals surface area contributed by atoms with Crippen molar-refractivity contribution in [2.45, 2.75) is 19.1 Å². The van der Waals surface area contributed by atoms with Crippen LogP contribution in [0.5, 0.6) is 0 Å². The summed E-state index contributed by atoms with van der Waals surface area (Å²) in [6.45, 7) is 1.34. The highest BCUT2D eigenvalue weighted by atomic mass is 16.4. The van der Waals surface area contributed by atoms with Crippen molar-refractivity contribution in [2.24, 2.45) is 0 Å². The third-order valence-corrected chi connectivity index (χ3v) is 3.17. The van der Waals surface area contributed by atoms with E-state index in [2.05, 4.69) is 10.3 Å². The van der Waals surface area contributed by atoms with E-state index in [-0.39, 0.29) is 6.54 Å². The van der Waals surface area contributed by atoms with Crippen LogP contribution in [-0.4, -0.2) is 43.8 Å². The third kappa shape index (κ3) is 3.92. The van der Waals surface area contributed by atoms with Gasteiger partial charge in [-0.25, -0.2) is 9.78 Å². The number of amides is 1. The standard InChI is InChI=1S/C15H17N3O4/c1-15(22,14(20)21)9-17-13(19)12-4-2-3-11(7-12)8-18-6-5-16-10-18/h2-7,10,22H,8-9H2,1H3,(H,17,19)(H,20,21). The highest BCUT2D eigenvalue weighted by Crippen LogP contribution is 2.08. The van der Waals surface area contributed by atoms with E-state index in [9.17, 15) is 14.7 Å². The molecule has 1 heterocycles. The first-order chi connectivity index (χ1) is 10.4. The van der Waals surface area contributed by atoms with Gasteiger partial charge in [0.25, 0.3) is 5.91 Å². The number of nitrogens with zero attached hydrogens (tertiary/aromatic N) is 2. The molecule has 0 spiro atoms. The van der Waals surface area contributed by atoms with E-state index in [1.807, 2.05) is 16.8 Å². The zero-order chi connectivity index (χ0) is 16.2. The molecule has 116 valence electrons. The number of benzene rings is 1. The molecule has 7 nitrogen and oxygen atoms in total. The van der Waals surface area contributed by atoms with Gasteiger partial charge in [0.05, 0.1) is 12.9 Å². The lowest BCUT2D eigenvalue weighted by Crippen LogP contribution is -2.46. The number of carboxylic acid groups (broad SMARTS) is 1. The minimum Gasteiger partial charge on any atom is -0.479 e. The molecule has 1 aromatic carbocycles. The predicted octanol–water partition coefficient (Wildman–Crippen LogP) is 0.497. The Hall–Kier alpha value is -2.67. The summed E-state index contributed by atoms with van der Waals surface area (Å²) in [4.78, 5) is 26.8. The summed E-state index contributed by atoms with van der Waals surface area (Å²) in [7, 11) is 0. The summed E-state index contributed by atoms with van der Waals surface area (Å²) in [5.41, 5.74) is -0.682. The molecule has 0 aliphatic carbocycles. The number of carboxylic acids is 1. The van der Waals surface area contributed by atoms with Crippen LogP contribution >= 0.6 is 0 Å². The first-order valence-electron chi connectivity index (χ1n) is 6.67. The molecule has 2 aromatic rings. The Bertz CT molecular complexity index is 665. The Balaban J connectivity index is 2.03. The largest absolute Gasteiger partial charge is 0.479 e. The number of aromatic nitrogens is 2. The van der Waals surface area contributed by atoms with Crippen LogP contribution in [0.25, 0.3) is 0 Å². The molecule has 1 amide bonds. The number of hydrogen-bond acceptors (Lipinski definition) is 4. The Morgan fingerprint density at radius 1 is 1.41 bits per heavy atom. The van der Waals surface area contributed by atoms with E-state index in [0.717, 1.165) is 12.5 Å². The van der Waals surface area contributed by atoms with Gasteiger partial charge in [-0.05, 0) is 24.6 Å². The lowest BCUT2D eigenvalue weighted by Gasteiger charge is -2.18. The predicted molar refractivity (Wildman–Crippen MR) is 78.4 cm³/mol. The summed E-state index contributed by atoms with van der Waals surface area (Å²) in [5, 5.41) is 20.8. The number of imidazole rings is 1. The molecule has 1 atom stereocenters. The van der Waals surface area contributed by atoms with Gasteiger partial charge in [0, 0.05) is 24.5 Å². The fourth-order valence-electron chi connectivity index (χ4n) is 1.83. The van der Waals surface area contributed by atoms with Crippen LogP contribution in [0.15, 0.2) is 43.0 Å². The highest BCUT2D eigenvalue weighted by molar-refractivity contribution is 5.94. The molecule has 3 N–H and O–H groups in total. The van der Waals surface area contributed by atoms with Crippen molar-refractivity contribution < 1.29 is 19.8 Å². The molecule has 1 unspecified atom stereocenters.